The van der Waals surface area contributed by atoms with Gasteiger partial charge < -0.3 is 16.2 Å². The highest BCUT2D eigenvalue weighted by Gasteiger charge is 2.27. The molecular formula is C14H19ClF2N4O7S2. The lowest BCUT2D eigenvalue weighted by Gasteiger charge is -2.11. The molecule has 0 unspecified atom stereocenters. The lowest BCUT2D eigenvalue weighted by atomic mass is 10.1. The zero-order valence-corrected chi connectivity index (χ0v) is 17.9. The molecule has 1 aromatic carbocycles. The summed E-state index contributed by atoms with van der Waals surface area (Å²) in [6.07, 6.45) is 3.28. The maximum Gasteiger partial charge on any atom is 0.487 e. The molecule has 1 aromatic heterocycles. The minimum atomic E-state index is -3.75. The molecule has 0 saturated heterocycles. The third-order valence-electron chi connectivity index (χ3n) is 2.44. The number of nitrogen functional groups attached to an aromatic ring is 2. The normalized spacial score (nSPS) is 11.4. The van der Waals surface area contributed by atoms with E-state index in [0.29, 0.717) is 30.1 Å². The number of nitrogens with zero attached hydrogens (tertiary/aromatic N) is 2. The fraction of sp³-hybridized carbons (Fsp3) is 0.286. The van der Waals surface area contributed by atoms with Crippen LogP contribution in [0.1, 0.15) is 11.1 Å². The van der Waals surface area contributed by atoms with E-state index in [1.54, 1.807) is 12.1 Å². The van der Waals surface area contributed by atoms with Crippen LogP contribution in [0.4, 0.5) is 20.5 Å². The Morgan fingerprint density at radius 1 is 1.13 bits per heavy atom. The van der Waals surface area contributed by atoms with Crippen molar-refractivity contribution in [2.45, 2.75) is 12.0 Å². The van der Waals surface area contributed by atoms with E-state index in [2.05, 4.69) is 14.7 Å². The molecule has 0 spiro atoms. The number of anilines is 2. The Morgan fingerprint density at radius 3 is 2.07 bits per heavy atom. The SMILES string of the molecule is CS(=O)(=O)O.CS(=O)(=O)O.Nc1ncc(Cc2cccc(OC(F)(F)Cl)c2)c(N)n1. The number of alkyl halides is 3. The van der Waals surface area contributed by atoms with Crippen LogP contribution in [-0.2, 0) is 26.7 Å². The van der Waals surface area contributed by atoms with E-state index in [4.69, 9.17) is 32.2 Å². The zero-order valence-electron chi connectivity index (χ0n) is 15.5. The summed E-state index contributed by atoms with van der Waals surface area (Å²) in [5.74, 6) is 0.272. The van der Waals surface area contributed by atoms with Gasteiger partial charge in [0.25, 0.3) is 20.2 Å². The highest BCUT2D eigenvalue weighted by atomic mass is 35.5. The van der Waals surface area contributed by atoms with Gasteiger partial charge in [-0.25, -0.2) is 4.98 Å². The third-order valence-corrected chi connectivity index (χ3v) is 2.52. The summed E-state index contributed by atoms with van der Waals surface area (Å²) in [6, 6.07) is 6.12. The van der Waals surface area contributed by atoms with Crippen LogP contribution in [0.25, 0.3) is 0 Å². The van der Waals surface area contributed by atoms with Crippen molar-refractivity contribution in [1.29, 1.82) is 0 Å². The molecule has 6 N–H and O–H groups in total. The van der Waals surface area contributed by atoms with Gasteiger partial charge in [0.05, 0.1) is 12.5 Å². The number of ether oxygens (including phenoxy) is 1. The minimum Gasteiger partial charge on any atom is -0.420 e. The minimum absolute atomic E-state index is 0.0440. The van der Waals surface area contributed by atoms with Crippen LogP contribution in [-0.4, -0.2) is 54.0 Å². The van der Waals surface area contributed by atoms with Gasteiger partial charge in [-0.2, -0.15) is 21.8 Å². The topological polar surface area (TPSA) is 196 Å². The summed E-state index contributed by atoms with van der Waals surface area (Å²) in [6.45, 7) is 0. The van der Waals surface area contributed by atoms with E-state index < -0.39 is 25.8 Å². The quantitative estimate of drug-likeness (QED) is 0.355. The third kappa shape index (κ3) is 17.7. The molecule has 0 fully saturated rings. The van der Waals surface area contributed by atoms with Gasteiger partial charge in [-0.05, 0) is 17.7 Å². The Balaban J connectivity index is 0.000000702. The predicted octanol–water partition coefficient (Wildman–Crippen LogP) is 1.41. The number of hydrogen-bond donors (Lipinski definition) is 4. The fourth-order valence-electron chi connectivity index (χ4n) is 1.64. The van der Waals surface area contributed by atoms with Crippen molar-refractivity contribution in [2.24, 2.45) is 0 Å². The molecule has 0 aliphatic heterocycles. The van der Waals surface area contributed by atoms with Gasteiger partial charge >= 0.3 is 5.57 Å². The Kier molecular flexibility index (Phi) is 10.3. The smallest absolute Gasteiger partial charge is 0.420 e. The fourth-order valence-corrected chi connectivity index (χ4v) is 1.73. The van der Waals surface area contributed by atoms with Crippen molar-refractivity contribution in [2.75, 3.05) is 24.0 Å². The summed E-state index contributed by atoms with van der Waals surface area (Å²) in [5, 5.41) is 0. The number of hydrogen-bond acceptors (Lipinski definition) is 9. The largest absolute Gasteiger partial charge is 0.487 e. The van der Waals surface area contributed by atoms with E-state index in [1.165, 1.54) is 18.3 Å². The Hall–Kier alpha value is -2.33. The van der Waals surface area contributed by atoms with E-state index in [-0.39, 0.29) is 17.5 Å². The second-order valence-corrected chi connectivity index (χ2v) is 8.85. The molecule has 0 radical (unpaired) electrons. The summed E-state index contributed by atoms with van der Waals surface area (Å²) < 4.78 is 81.1. The molecular weight excluding hydrogens is 474 g/mol. The van der Waals surface area contributed by atoms with Crippen molar-refractivity contribution in [3.8, 4) is 5.75 Å². The predicted molar refractivity (Wildman–Crippen MR) is 106 cm³/mol. The molecule has 0 bridgehead atoms. The van der Waals surface area contributed by atoms with Crippen molar-refractivity contribution in [1.82, 2.24) is 9.97 Å². The van der Waals surface area contributed by atoms with Crippen LogP contribution in [0.2, 0.25) is 0 Å². The average Bonchev–Trinajstić information content (AvgIpc) is 2.45. The van der Waals surface area contributed by atoms with Gasteiger partial charge in [-0.1, -0.05) is 12.1 Å². The molecule has 0 aliphatic rings. The second kappa shape index (κ2) is 11.2. The van der Waals surface area contributed by atoms with Crippen molar-refractivity contribution in [3.63, 3.8) is 0 Å². The van der Waals surface area contributed by atoms with E-state index in [1.807, 2.05) is 0 Å². The van der Waals surface area contributed by atoms with Crippen LogP contribution < -0.4 is 16.2 Å². The first-order valence-corrected chi connectivity index (χ1v) is 11.5. The van der Waals surface area contributed by atoms with Crippen LogP contribution in [0, 0.1) is 0 Å². The summed E-state index contributed by atoms with van der Waals surface area (Å²) in [7, 11) is -7.33. The van der Waals surface area contributed by atoms with Gasteiger partial charge in [-0.3, -0.25) is 9.11 Å². The number of halogens is 3. The lowest BCUT2D eigenvalue weighted by Crippen LogP contribution is -2.15. The molecule has 0 amide bonds. The molecule has 16 heteroatoms. The molecule has 170 valence electrons. The van der Waals surface area contributed by atoms with E-state index in [9.17, 15) is 25.6 Å². The highest BCUT2D eigenvalue weighted by molar-refractivity contribution is 7.85. The summed E-state index contributed by atoms with van der Waals surface area (Å²) in [5.41, 5.74) is 8.68. The van der Waals surface area contributed by atoms with Gasteiger partial charge in [0.15, 0.2) is 0 Å². The first-order chi connectivity index (χ1) is 13.3. The standard InChI is InChI=1S/C12H11ClF2N4O.2CH4O3S/c13-12(14,15)20-9-3-1-2-7(5-9)4-8-6-18-11(17)19-10(8)16;2*1-5(2,3)4/h1-3,5-6H,4H2,(H4,16,17,18,19);2*1H3,(H,2,3,4). The van der Waals surface area contributed by atoms with Gasteiger partial charge in [-0.15, -0.1) is 8.78 Å². The second-order valence-electron chi connectivity index (χ2n) is 5.48. The maximum absolute atomic E-state index is 12.6. The van der Waals surface area contributed by atoms with E-state index >= 15 is 0 Å². The van der Waals surface area contributed by atoms with Crippen LogP contribution in [0.3, 0.4) is 0 Å². The van der Waals surface area contributed by atoms with Crippen molar-refractivity contribution < 1.29 is 39.5 Å². The van der Waals surface area contributed by atoms with Crippen LogP contribution >= 0.6 is 11.6 Å². The molecule has 30 heavy (non-hydrogen) atoms. The van der Waals surface area contributed by atoms with Gasteiger partial charge in [0.2, 0.25) is 5.95 Å². The molecule has 0 saturated carbocycles. The number of aromatic nitrogens is 2. The molecule has 1 heterocycles. The number of benzene rings is 1. The van der Waals surface area contributed by atoms with Crippen molar-refractivity contribution >= 4 is 43.6 Å². The Morgan fingerprint density at radius 2 is 1.63 bits per heavy atom. The highest BCUT2D eigenvalue weighted by Crippen LogP contribution is 2.26. The first kappa shape index (κ1) is 27.7. The monoisotopic (exact) mass is 492 g/mol. The summed E-state index contributed by atoms with van der Waals surface area (Å²) in [4.78, 5) is 7.66. The average molecular weight is 493 g/mol. The van der Waals surface area contributed by atoms with Crippen molar-refractivity contribution in [3.05, 3.63) is 41.6 Å². The van der Waals surface area contributed by atoms with E-state index in [0.717, 1.165) is 0 Å². The lowest BCUT2D eigenvalue weighted by molar-refractivity contribution is -0.0965. The van der Waals surface area contributed by atoms with Gasteiger partial charge in [0, 0.05) is 29.8 Å². The molecule has 2 aromatic rings. The summed E-state index contributed by atoms with van der Waals surface area (Å²) >= 11 is 4.71. The zero-order chi connectivity index (χ0) is 23.8. The van der Waals surface area contributed by atoms with Crippen LogP contribution in [0.5, 0.6) is 5.75 Å². The Labute approximate surface area is 176 Å². The molecule has 2 rings (SSSR count). The molecule has 11 nitrogen and oxygen atoms in total. The molecule has 0 aliphatic carbocycles. The number of rotatable bonds is 4. The Bertz CT molecular complexity index is 1000. The maximum atomic E-state index is 12.6. The number of nitrogens with two attached hydrogens (primary N) is 2. The van der Waals surface area contributed by atoms with Gasteiger partial charge in [0.1, 0.15) is 11.6 Å². The van der Waals surface area contributed by atoms with Crippen LogP contribution in [0.15, 0.2) is 30.5 Å². The first-order valence-electron chi connectivity index (χ1n) is 7.40. The molecule has 0 atom stereocenters.